The van der Waals surface area contributed by atoms with Gasteiger partial charge in [0.2, 0.25) is 53.2 Å². The van der Waals surface area contributed by atoms with Gasteiger partial charge in [-0.25, -0.2) is 4.79 Å². The molecule has 0 aliphatic heterocycles. The highest BCUT2D eigenvalue weighted by atomic mass is 16.4. The first-order valence-corrected chi connectivity index (χ1v) is 27.0. The van der Waals surface area contributed by atoms with E-state index < -0.39 is 152 Å². The molecule has 0 aliphatic carbocycles. The quantitative estimate of drug-likeness (QED) is 0.0153. The van der Waals surface area contributed by atoms with E-state index in [4.69, 9.17) is 57.3 Å². The highest BCUT2D eigenvalue weighted by molar-refractivity contribution is 5.98. The summed E-state index contributed by atoms with van der Waals surface area (Å²) in [5.74, 6) is -12.7. The second-order valence-electron chi connectivity index (χ2n) is 19.8. The molecule has 83 heavy (non-hydrogen) atoms. The van der Waals surface area contributed by atoms with Crippen LogP contribution in [0.25, 0.3) is 0 Å². The number of guanidine groups is 4. The third-order valence-corrected chi connectivity index (χ3v) is 12.2. The maximum Gasteiger partial charge on any atom is 0.326 e. The van der Waals surface area contributed by atoms with Crippen molar-refractivity contribution in [2.24, 2.45) is 89.1 Å². The number of nitrogens with zero attached hydrogens (tertiary/aromatic N) is 4. The summed E-state index contributed by atoms with van der Waals surface area (Å²) in [5, 5.41) is 38.9. The van der Waals surface area contributed by atoms with Crippen LogP contribution in [-0.4, -0.2) is 180 Å². The molecule has 0 fully saturated rings. The smallest absolute Gasteiger partial charge is 0.326 e. The zero-order chi connectivity index (χ0) is 63.4. The summed E-state index contributed by atoms with van der Waals surface area (Å²) in [5.41, 5.74) is 54.8. The summed E-state index contributed by atoms with van der Waals surface area (Å²) >= 11 is 0. The second kappa shape index (κ2) is 40.4. The SMILES string of the molecule is CC[C@H](C)[C@H](NC(=O)[C@H](CCCN=C(N)N)NC(=O)[C@@H](N)CCCN=C(N)N)C(=O)N[C@@H](CCCN=C(N)N)C(=O)N[C@@H](CCC(N)=O)C(=O)NCC(=O)N[C@@H](CC(C)C)C(=O)N[C@@H](CCC(=O)O)C(=O)N[C@@H](CCCN=C(N)N)C(=O)O. The van der Waals surface area contributed by atoms with Crippen LogP contribution >= 0.6 is 0 Å². The minimum atomic E-state index is -1.59. The lowest BCUT2D eigenvalue weighted by molar-refractivity contribution is -0.143. The first-order valence-electron chi connectivity index (χ1n) is 27.0. The summed E-state index contributed by atoms with van der Waals surface area (Å²) in [7, 11) is 0. The van der Waals surface area contributed by atoms with Crippen LogP contribution < -0.4 is 99.9 Å². The first-order chi connectivity index (χ1) is 38.9. The Kier molecular flexibility index (Phi) is 36.1. The molecule has 0 radical (unpaired) electrons. The van der Waals surface area contributed by atoms with Crippen LogP contribution in [0.4, 0.5) is 0 Å². The number of primary amides is 1. The number of rotatable bonds is 43. The number of carboxylic acid groups (broad SMARTS) is 2. The summed E-state index contributed by atoms with van der Waals surface area (Å²) in [6.45, 7) is 6.23. The lowest BCUT2D eigenvalue weighted by atomic mass is 9.96. The number of aliphatic carboxylic acids is 2. The van der Waals surface area contributed by atoms with Gasteiger partial charge in [-0.1, -0.05) is 34.1 Å². The van der Waals surface area contributed by atoms with E-state index >= 15 is 0 Å². The van der Waals surface area contributed by atoms with Gasteiger partial charge in [-0.3, -0.25) is 67.9 Å². The van der Waals surface area contributed by atoms with Crippen LogP contribution in [-0.2, 0) is 52.7 Å². The maximum absolute atomic E-state index is 14.3. The van der Waals surface area contributed by atoms with Gasteiger partial charge in [0, 0.05) is 39.0 Å². The summed E-state index contributed by atoms with van der Waals surface area (Å²) in [6, 6.07) is -11.2. The van der Waals surface area contributed by atoms with E-state index in [-0.39, 0.29) is 107 Å². The van der Waals surface area contributed by atoms with Crippen LogP contribution in [0.1, 0.15) is 118 Å². The molecule has 0 spiro atoms. The van der Waals surface area contributed by atoms with Gasteiger partial charge in [0.05, 0.1) is 12.6 Å². The van der Waals surface area contributed by atoms with E-state index in [1.54, 1.807) is 27.7 Å². The first kappa shape index (κ1) is 74.2. The molecule has 0 heterocycles. The fourth-order valence-corrected chi connectivity index (χ4v) is 7.60. The van der Waals surface area contributed by atoms with Crippen molar-refractivity contribution in [1.82, 2.24) is 42.5 Å². The average molecular weight is 1180 g/mol. The van der Waals surface area contributed by atoms with Crippen molar-refractivity contribution >= 4 is 88.9 Å². The molecule has 35 nitrogen and oxygen atoms in total. The predicted molar refractivity (Wildman–Crippen MR) is 306 cm³/mol. The molecule has 470 valence electrons. The van der Waals surface area contributed by atoms with Gasteiger partial charge in [-0.2, -0.15) is 0 Å². The van der Waals surface area contributed by atoms with Gasteiger partial charge in [0.25, 0.3) is 0 Å². The normalized spacial score (nSPS) is 14.0. The van der Waals surface area contributed by atoms with Crippen LogP contribution in [0.2, 0.25) is 0 Å². The molecule has 0 saturated carbocycles. The summed E-state index contributed by atoms with van der Waals surface area (Å²) in [4.78, 5) is 161. The largest absolute Gasteiger partial charge is 0.481 e. The molecule has 0 aromatic rings. The molecule has 9 atom stereocenters. The molecule has 0 bridgehead atoms. The van der Waals surface area contributed by atoms with E-state index in [0.29, 0.717) is 12.8 Å². The Labute approximate surface area is 481 Å². The minimum Gasteiger partial charge on any atom is -0.481 e. The van der Waals surface area contributed by atoms with Crippen LogP contribution in [0.3, 0.4) is 0 Å². The van der Waals surface area contributed by atoms with Crippen LogP contribution in [0.5, 0.6) is 0 Å². The van der Waals surface area contributed by atoms with Crippen molar-refractivity contribution in [2.75, 3.05) is 32.7 Å². The number of nitrogens with two attached hydrogens (primary N) is 10. The highest BCUT2D eigenvalue weighted by Crippen LogP contribution is 2.13. The topological polar surface area (TPSA) is 634 Å². The maximum atomic E-state index is 14.3. The van der Waals surface area contributed by atoms with Gasteiger partial charge < -0.3 is 110 Å². The molecule has 0 saturated heterocycles. The fraction of sp³-hybridized carbons (Fsp3) is 0.688. The number of carbonyl (C=O) groups is 11. The summed E-state index contributed by atoms with van der Waals surface area (Å²) in [6.07, 6.45) is -1.14. The van der Waals surface area contributed by atoms with Crippen molar-refractivity contribution in [2.45, 2.75) is 166 Å². The Morgan fingerprint density at radius 2 is 0.807 bits per heavy atom. The second-order valence-corrected chi connectivity index (χ2v) is 19.8. The van der Waals surface area contributed by atoms with E-state index in [0.717, 1.165) is 0 Å². The van der Waals surface area contributed by atoms with Gasteiger partial charge in [0.15, 0.2) is 23.8 Å². The monoisotopic (exact) mass is 1180 g/mol. The number of hydrogen-bond donors (Lipinski definition) is 20. The van der Waals surface area contributed by atoms with Crippen molar-refractivity contribution in [1.29, 1.82) is 0 Å². The van der Waals surface area contributed by atoms with Crippen LogP contribution in [0.15, 0.2) is 20.0 Å². The molecular formula is C48H90N22O13. The van der Waals surface area contributed by atoms with Crippen LogP contribution in [0, 0.1) is 11.8 Å². The van der Waals surface area contributed by atoms with Gasteiger partial charge in [-0.05, 0) is 82.5 Å². The molecule has 0 rings (SSSR count). The molecule has 30 N–H and O–H groups in total. The van der Waals surface area contributed by atoms with E-state index in [2.05, 4.69) is 62.5 Å². The number of carboxylic acids is 2. The van der Waals surface area contributed by atoms with Gasteiger partial charge in [0.1, 0.15) is 42.3 Å². The van der Waals surface area contributed by atoms with Crippen molar-refractivity contribution < 1.29 is 63.0 Å². The lowest BCUT2D eigenvalue weighted by Gasteiger charge is -2.29. The zero-order valence-corrected chi connectivity index (χ0v) is 47.7. The Balaban J connectivity index is 6.66. The van der Waals surface area contributed by atoms with Crippen molar-refractivity contribution in [3.8, 4) is 0 Å². The molecule has 0 aromatic carbocycles. The zero-order valence-electron chi connectivity index (χ0n) is 47.7. The third kappa shape index (κ3) is 34.2. The van der Waals surface area contributed by atoms with Crippen molar-refractivity contribution in [3.05, 3.63) is 0 Å². The molecule has 0 aromatic heterocycles. The number of carbonyl (C=O) groups excluding carboxylic acids is 9. The lowest BCUT2D eigenvalue weighted by Crippen LogP contribution is -2.60. The molecular weight excluding hydrogens is 1090 g/mol. The highest BCUT2D eigenvalue weighted by Gasteiger charge is 2.35. The average Bonchev–Trinajstić information content (AvgIpc) is 3.47. The fourth-order valence-electron chi connectivity index (χ4n) is 7.60. The number of aliphatic imine (C=N–C) groups is 4. The van der Waals surface area contributed by atoms with Gasteiger partial charge in [-0.15, -0.1) is 0 Å². The molecule has 0 unspecified atom stereocenters. The van der Waals surface area contributed by atoms with E-state index in [9.17, 15) is 63.0 Å². The predicted octanol–water partition coefficient (Wildman–Crippen LogP) is -7.65. The number of amides is 9. The summed E-state index contributed by atoms with van der Waals surface area (Å²) < 4.78 is 0. The Morgan fingerprint density at radius 1 is 0.434 bits per heavy atom. The number of nitrogens with one attached hydrogen (secondary N) is 8. The minimum absolute atomic E-state index is 0.00961. The Hall–Kier alpha value is -8.79. The van der Waals surface area contributed by atoms with Crippen molar-refractivity contribution in [3.63, 3.8) is 0 Å². The Bertz CT molecular complexity index is 2280. The van der Waals surface area contributed by atoms with E-state index in [1.807, 2.05) is 0 Å². The van der Waals surface area contributed by atoms with E-state index in [1.165, 1.54) is 0 Å². The Morgan fingerprint density at radius 3 is 1.23 bits per heavy atom. The molecule has 35 heteroatoms. The molecule has 9 amide bonds. The number of hydrogen-bond acceptors (Lipinski definition) is 16. The molecule has 0 aliphatic rings. The van der Waals surface area contributed by atoms with Gasteiger partial charge >= 0.3 is 11.9 Å². The standard InChI is InChI=1S/C48H90N22O13/c1-5-25(4)36(70-41(79)28(12-8-20-61-47(55)56)65-37(75)26(49)10-6-18-59-45(51)52)43(81)68-27(11-7-19-60-46(53)54)39(77)66-29(14-16-33(50)71)38(76)63-23-34(72)64-32(22-24(2)3)42(80)67-30(15-17-35(73)74)40(78)69-31(44(82)83)13-9-21-62-48(57)58/h24-32,36H,5-23,49H2,1-4H3,(H2,50,71)(H,63,76)(H,64,72)(H,65,75)(H,66,77)(H,67,80)(H,68,81)(H,69,78)(H,70,79)(H,73,74)(H,82,83)(H4,51,52,59)(H4,53,54,60)(H4,55,56,61)(H4,57,58,62)/t25-,26-,27-,28-,29-,30-,31-,32-,36-/m0/s1. The third-order valence-electron chi connectivity index (χ3n) is 12.2.